The van der Waals surface area contributed by atoms with Crippen molar-refractivity contribution in [2.75, 3.05) is 38.5 Å². The number of ether oxygens (including phenoxy) is 1. The number of hydrogen-bond donors (Lipinski definition) is 1. The second-order valence-electron chi connectivity index (χ2n) is 9.35. The Bertz CT molecular complexity index is 1330. The average Bonchev–Trinajstić information content (AvgIpc) is 3.57. The molecule has 0 atom stereocenters. The van der Waals surface area contributed by atoms with E-state index in [0.29, 0.717) is 41.6 Å². The number of alkyl halides is 3. The fourth-order valence-electron chi connectivity index (χ4n) is 4.45. The first kappa shape index (κ1) is 28.9. The molecule has 3 heterocycles. The van der Waals surface area contributed by atoms with Crippen LogP contribution in [0.4, 0.5) is 18.9 Å². The van der Waals surface area contributed by atoms with Crippen molar-refractivity contribution in [2.24, 2.45) is 0 Å². The largest absolute Gasteiger partial charge is 0.573 e. The maximum absolute atomic E-state index is 13.3. The number of amides is 1. The summed E-state index contributed by atoms with van der Waals surface area (Å²) in [5.74, 6) is -1.37. The molecule has 1 aliphatic heterocycles. The number of nitrogens with zero attached hydrogens (tertiary/aromatic N) is 5. The summed E-state index contributed by atoms with van der Waals surface area (Å²) in [6, 6.07) is 8.87. The first-order chi connectivity index (χ1) is 18.1. The number of anilines is 1. The van der Waals surface area contributed by atoms with Gasteiger partial charge in [-0.3, -0.25) is 19.5 Å². The molecule has 5 rings (SSSR count). The topological polar surface area (TPSA) is 101 Å². The van der Waals surface area contributed by atoms with Crippen LogP contribution in [0.3, 0.4) is 0 Å². The van der Waals surface area contributed by atoms with Gasteiger partial charge < -0.3 is 15.0 Å². The number of hydrogen-bond acceptors (Lipinski definition) is 9. The quantitative estimate of drug-likeness (QED) is 0.397. The summed E-state index contributed by atoms with van der Waals surface area (Å²) in [5.41, 5.74) is -0.221. The second-order valence-corrected chi connectivity index (χ2v) is 10.4. The van der Waals surface area contributed by atoms with Crippen molar-refractivity contribution >= 4 is 41.1 Å². The first-order valence-electron chi connectivity index (χ1n) is 12.0. The van der Waals surface area contributed by atoms with Crippen molar-refractivity contribution in [2.45, 2.75) is 31.2 Å². The molecule has 1 aromatic carbocycles. The van der Waals surface area contributed by atoms with Gasteiger partial charge in [0.1, 0.15) is 16.2 Å². The van der Waals surface area contributed by atoms with Gasteiger partial charge in [0.25, 0.3) is 0 Å². The third kappa shape index (κ3) is 6.72. The summed E-state index contributed by atoms with van der Waals surface area (Å²) in [5, 5.41) is 11.7. The molecule has 1 aliphatic carbocycles. The lowest BCUT2D eigenvalue weighted by Crippen LogP contribution is -2.54. The van der Waals surface area contributed by atoms with Crippen LogP contribution < -0.4 is 10.1 Å². The van der Waals surface area contributed by atoms with E-state index < -0.39 is 23.6 Å². The molecule has 1 amide bonds. The molecule has 0 radical (unpaired) electrons. The molecular weight excluding hydrogens is 557 g/mol. The number of carbonyl (C=O) groups excluding carboxylic acids is 2. The summed E-state index contributed by atoms with van der Waals surface area (Å²) in [7, 11) is 2.00. The van der Waals surface area contributed by atoms with Crippen molar-refractivity contribution in [3.05, 3.63) is 53.2 Å². The monoisotopic (exact) mass is 582 g/mol. The molecule has 208 valence electrons. The van der Waals surface area contributed by atoms with Gasteiger partial charge in [-0.15, -0.1) is 35.8 Å². The van der Waals surface area contributed by atoms with Crippen LogP contribution in [0.2, 0.25) is 0 Å². The normalized spacial score (nSPS) is 17.2. The van der Waals surface area contributed by atoms with E-state index in [-0.39, 0.29) is 35.9 Å². The van der Waals surface area contributed by atoms with Crippen LogP contribution in [0.1, 0.15) is 28.2 Å². The van der Waals surface area contributed by atoms with Gasteiger partial charge in [0.15, 0.2) is 16.5 Å². The smallest absolute Gasteiger partial charge is 0.404 e. The van der Waals surface area contributed by atoms with E-state index in [1.165, 1.54) is 23.5 Å². The van der Waals surface area contributed by atoms with Gasteiger partial charge in [-0.25, -0.2) is 0 Å². The fraction of sp³-hybridized carbons (Fsp3) is 0.400. The lowest BCUT2D eigenvalue weighted by molar-refractivity contribution is -0.274. The predicted molar refractivity (Wildman–Crippen MR) is 141 cm³/mol. The van der Waals surface area contributed by atoms with Crippen molar-refractivity contribution in [1.82, 2.24) is 25.0 Å². The van der Waals surface area contributed by atoms with Crippen molar-refractivity contribution in [1.29, 1.82) is 0 Å². The van der Waals surface area contributed by atoms with Gasteiger partial charge in [-0.05, 0) is 50.2 Å². The van der Waals surface area contributed by atoms with E-state index in [0.717, 1.165) is 19.2 Å². The second kappa shape index (κ2) is 11.5. The van der Waals surface area contributed by atoms with Gasteiger partial charge in [-0.1, -0.05) is 17.4 Å². The van der Waals surface area contributed by atoms with E-state index in [9.17, 15) is 22.8 Å². The summed E-state index contributed by atoms with van der Waals surface area (Å²) in [6.45, 7) is 2.98. The van der Waals surface area contributed by atoms with Gasteiger partial charge in [0, 0.05) is 37.9 Å². The molecule has 9 nitrogen and oxygen atoms in total. The van der Waals surface area contributed by atoms with E-state index >= 15 is 0 Å². The number of Topliss-reactive ketones (excluding diaryl/α,β-unsaturated/α-hetero) is 1. The number of nitrogens with one attached hydrogen (secondary N) is 1. The Labute approximate surface area is 232 Å². The van der Waals surface area contributed by atoms with E-state index in [4.69, 9.17) is 0 Å². The molecule has 0 spiro atoms. The highest BCUT2D eigenvalue weighted by Crippen LogP contribution is 2.44. The first-order valence-corrected chi connectivity index (χ1v) is 12.9. The molecule has 0 bridgehead atoms. The number of benzene rings is 1. The number of likely N-dealkylation sites (N-methyl/N-ethyl adjacent to an activating group) is 1. The standard InChI is InChI=1S/C25H25F3N6O3S.ClH/c1-33-10-12-34(13-11-33)24(7-8-24)23(36)30-18-14-16(5-6-20(18)37-25(26,27)28)19(35)15-21-31-32-22(38-21)17-4-2-3-9-29-17;/h2-6,9,14H,7-8,10-13,15H2,1H3,(H,30,36);1H. The van der Waals surface area contributed by atoms with Crippen LogP contribution in [0.25, 0.3) is 10.7 Å². The number of ketones is 1. The Hall–Kier alpha value is -3.13. The lowest BCUT2D eigenvalue weighted by Gasteiger charge is -2.37. The molecule has 1 saturated carbocycles. The zero-order chi connectivity index (χ0) is 26.9. The molecule has 1 N–H and O–H groups in total. The van der Waals surface area contributed by atoms with E-state index in [2.05, 4.69) is 35.0 Å². The summed E-state index contributed by atoms with van der Waals surface area (Å²) in [6.07, 6.45) is -2.22. The van der Waals surface area contributed by atoms with Crippen molar-refractivity contribution in [3.63, 3.8) is 0 Å². The number of piperazine rings is 1. The molecule has 2 aliphatic rings. The van der Waals surface area contributed by atoms with Gasteiger partial charge in [0.2, 0.25) is 5.91 Å². The Morgan fingerprint density at radius 3 is 2.49 bits per heavy atom. The molecule has 14 heteroatoms. The molecule has 2 aromatic heterocycles. The van der Waals surface area contributed by atoms with Gasteiger partial charge in [0.05, 0.1) is 12.1 Å². The average molecular weight is 583 g/mol. The SMILES string of the molecule is CN1CCN(C2(C(=O)Nc3cc(C(=O)Cc4nnc(-c5ccccn5)s4)ccc3OC(F)(F)F)CC2)CC1.Cl. The fourth-order valence-corrected chi connectivity index (χ4v) is 5.27. The lowest BCUT2D eigenvalue weighted by atomic mass is 10.1. The number of carbonyl (C=O) groups is 2. The highest BCUT2D eigenvalue weighted by molar-refractivity contribution is 7.14. The highest BCUT2D eigenvalue weighted by atomic mass is 35.5. The number of aromatic nitrogens is 3. The Morgan fingerprint density at radius 1 is 1.10 bits per heavy atom. The molecule has 0 unspecified atom stereocenters. The molecule has 39 heavy (non-hydrogen) atoms. The van der Waals surface area contributed by atoms with Crippen LogP contribution in [-0.2, 0) is 11.2 Å². The minimum Gasteiger partial charge on any atom is -0.404 e. The zero-order valence-electron chi connectivity index (χ0n) is 20.9. The zero-order valence-corrected chi connectivity index (χ0v) is 22.5. The molecule has 2 fully saturated rings. The minimum absolute atomic E-state index is 0. The Balaban J connectivity index is 0.00000353. The van der Waals surface area contributed by atoms with Crippen LogP contribution in [-0.4, -0.2) is 81.8 Å². The molecule has 1 saturated heterocycles. The summed E-state index contributed by atoms with van der Waals surface area (Å²) in [4.78, 5) is 34.8. The molecule has 3 aromatic rings. The number of rotatable bonds is 8. The van der Waals surface area contributed by atoms with Gasteiger partial charge >= 0.3 is 6.36 Å². The number of halogens is 4. The Morgan fingerprint density at radius 2 is 1.85 bits per heavy atom. The number of pyridine rings is 1. The van der Waals surface area contributed by atoms with E-state index in [1.54, 1.807) is 18.3 Å². The highest BCUT2D eigenvalue weighted by Gasteiger charge is 2.55. The maximum Gasteiger partial charge on any atom is 0.573 e. The summed E-state index contributed by atoms with van der Waals surface area (Å²) >= 11 is 1.20. The van der Waals surface area contributed by atoms with Crippen LogP contribution in [0, 0.1) is 0 Å². The third-order valence-electron chi connectivity index (χ3n) is 6.69. The van der Waals surface area contributed by atoms with Crippen molar-refractivity contribution < 1.29 is 27.5 Å². The minimum atomic E-state index is -4.96. The van der Waals surface area contributed by atoms with Crippen LogP contribution >= 0.6 is 23.7 Å². The van der Waals surface area contributed by atoms with Crippen LogP contribution in [0.15, 0.2) is 42.6 Å². The van der Waals surface area contributed by atoms with Gasteiger partial charge in [-0.2, -0.15) is 0 Å². The third-order valence-corrected chi connectivity index (χ3v) is 7.64. The molecular formula is C25H26ClF3N6O3S. The predicted octanol–water partition coefficient (Wildman–Crippen LogP) is 4.06. The summed E-state index contributed by atoms with van der Waals surface area (Å²) < 4.78 is 43.4. The van der Waals surface area contributed by atoms with Crippen LogP contribution in [0.5, 0.6) is 5.75 Å². The maximum atomic E-state index is 13.3. The van der Waals surface area contributed by atoms with E-state index in [1.807, 2.05) is 13.1 Å². The van der Waals surface area contributed by atoms with Crippen molar-refractivity contribution in [3.8, 4) is 16.5 Å². The Kier molecular flexibility index (Phi) is 8.54.